The molecule has 1 saturated heterocycles. The topological polar surface area (TPSA) is 38.7 Å². The van der Waals surface area contributed by atoms with Gasteiger partial charge in [0.05, 0.1) is 6.61 Å². The average molecular weight is 255 g/mol. The van der Waals surface area contributed by atoms with Crippen LogP contribution in [0, 0.1) is 0 Å². The lowest BCUT2D eigenvalue weighted by molar-refractivity contribution is 0.144. The SMILES string of the molecule is CNC1(CO)CCC(N(C)CC2CCCN2C)C1. The van der Waals surface area contributed by atoms with Gasteiger partial charge in [-0.05, 0) is 59.8 Å². The van der Waals surface area contributed by atoms with Crippen molar-refractivity contribution in [3.05, 3.63) is 0 Å². The molecule has 0 aromatic rings. The van der Waals surface area contributed by atoms with Crippen LogP contribution in [0.4, 0.5) is 0 Å². The monoisotopic (exact) mass is 255 g/mol. The number of nitrogens with zero attached hydrogens (tertiary/aromatic N) is 2. The maximum Gasteiger partial charge on any atom is 0.0613 e. The summed E-state index contributed by atoms with van der Waals surface area (Å²) in [4.78, 5) is 5.00. The number of nitrogens with one attached hydrogen (secondary N) is 1. The van der Waals surface area contributed by atoms with Crippen LogP contribution in [0.1, 0.15) is 32.1 Å². The highest BCUT2D eigenvalue weighted by molar-refractivity contribution is 4.98. The third kappa shape index (κ3) is 2.87. The fraction of sp³-hybridized carbons (Fsp3) is 1.00. The van der Waals surface area contributed by atoms with E-state index in [0.29, 0.717) is 6.04 Å². The van der Waals surface area contributed by atoms with E-state index >= 15 is 0 Å². The van der Waals surface area contributed by atoms with Crippen molar-refractivity contribution in [3.63, 3.8) is 0 Å². The van der Waals surface area contributed by atoms with Crippen LogP contribution in [0.15, 0.2) is 0 Å². The summed E-state index contributed by atoms with van der Waals surface area (Å²) >= 11 is 0. The molecular weight excluding hydrogens is 226 g/mol. The lowest BCUT2D eigenvalue weighted by atomic mass is 9.99. The predicted octanol–water partition coefficient (Wildman–Crippen LogP) is 0.515. The number of hydrogen-bond acceptors (Lipinski definition) is 4. The minimum atomic E-state index is -0.0273. The number of aliphatic hydroxyl groups excluding tert-OH is 1. The highest BCUT2D eigenvalue weighted by atomic mass is 16.3. The first-order valence-electron chi connectivity index (χ1n) is 7.30. The molecule has 2 fully saturated rings. The summed E-state index contributed by atoms with van der Waals surface area (Å²) in [5.41, 5.74) is -0.0273. The molecule has 1 aliphatic carbocycles. The molecule has 0 spiro atoms. The van der Waals surface area contributed by atoms with Gasteiger partial charge in [0.15, 0.2) is 0 Å². The minimum absolute atomic E-state index is 0.0273. The van der Waals surface area contributed by atoms with Gasteiger partial charge in [0, 0.05) is 24.2 Å². The van der Waals surface area contributed by atoms with Crippen LogP contribution < -0.4 is 5.32 Å². The van der Waals surface area contributed by atoms with Gasteiger partial charge in [0.2, 0.25) is 0 Å². The summed E-state index contributed by atoms with van der Waals surface area (Å²) in [6.45, 7) is 2.68. The second-order valence-electron chi connectivity index (χ2n) is 6.30. The zero-order chi connectivity index (χ0) is 13.2. The van der Waals surface area contributed by atoms with Crippen LogP contribution in [0.5, 0.6) is 0 Å². The van der Waals surface area contributed by atoms with E-state index < -0.39 is 0 Å². The molecule has 0 aromatic carbocycles. The van der Waals surface area contributed by atoms with E-state index in [2.05, 4.69) is 29.2 Å². The Hall–Kier alpha value is -0.160. The van der Waals surface area contributed by atoms with E-state index in [1.807, 2.05) is 7.05 Å². The molecule has 1 aliphatic heterocycles. The first-order chi connectivity index (χ1) is 8.60. The molecule has 3 atom stereocenters. The van der Waals surface area contributed by atoms with Gasteiger partial charge in [0.1, 0.15) is 0 Å². The number of likely N-dealkylation sites (tertiary alicyclic amines) is 1. The highest BCUT2D eigenvalue weighted by Gasteiger charge is 2.39. The van der Waals surface area contributed by atoms with E-state index in [9.17, 15) is 5.11 Å². The number of aliphatic hydroxyl groups is 1. The number of likely N-dealkylation sites (N-methyl/N-ethyl adjacent to an activating group) is 3. The summed E-state index contributed by atoms with van der Waals surface area (Å²) in [6, 6.07) is 1.35. The first-order valence-corrected chi connectivity index (χ1v) is 7.30. The molecule has 0 amide bonds. The van der Waals surface area contributed by atoms with Crippen molar-refractivity contribution in [2.75, 3.05) is 40.8 Å². The molecule has 1 heterocycles. The summed E-state index contributed by atoms with van der Waals surface area (Å²) in [7, 11) is 6.47. The summed E-state index contributed by atoms with van der Waals surface area (Å²) in [6.07, 6.45) is 6.05. The summed E-state index contributed by atoms with van der Waals surface area (Å²) < 4.78 is 0. The van der Waals surface area contributed by atoms with Gasteiger partial charge < -0.3 is 20.2 Å². The molecule has 0 aromatic heterocycles. The molecule has 2 N–H and O–H groups in total. The quantitative estimate of drug-likeness (QED) is 0.751. The lowest BCUT2D eigenvalue weighted by Crippen LogP contribution is -2.47. The van der Waals surface area contributed by atoms with Crippen LogP contribution in [-0.4, -0.2) is 73.4 Å². The molecule has 0 bridgehead atoms. The van der Waals surface area contributed by atoms with Gasteiger partial charge in [-0.2, -0.15) is 0 Å². The van der Waals surface area contributed by atoms with E-state index in [4.69, 9.17) is 0 Å². The van der Waals surface area contributed by atoms with Gasteiger partial charge in [-0.25, -0.2) is 0 Å². The van der Waals surface area contributed by atoms with Crippen molar-refractivity contribution in [2.45, 2.75) is 49.7 Å². The van der Waals surface area contributed by atoms with Crippen molar-refractivity contribution in [2.24, 2.45) is 0 Å². The maximum atomic E-state index is 9.55. The second kappa shape index (κ2) is 5.87. The van der Waals surface area contributed by atoms with E-state index in [0.717, 1.165) is 18.9 Å². The van der Waals surface area contributed by atoms with Crippen LogP contribution in [-0.2, 0) is 0 Å². The zero-order valence-corrected chi connectivity index (χ0v) is 12.2. The Balaban J connectivity index is 1.85. The van der Waals surface area contributed by atoms with Gasteiger partial charge in [-0.3, -0.25) is 0 Å². The van der Waals surface area contributed by atoms with Crippen LogP contribution in [0.3, 0.4) is 0 Å². The van der Waals surface area contributed by atoms with E-state index in [1.54, 1.807) is 0 Å². The van der Waals surface area contributed by atoms with E-state index in [1.165, 1.54) is 32.4 Å². The molecule has 4 nitrogen and oxygen atoms in total. The Morgan fingerprint density at radius 2 is 2.22 bits per heavy atom. The van der Waals surface area contributed by atoms with Gasteiger partial charge in [-0.15, -0.1) is 0 Å². The summed E-state index contributed by atoms with van der Waals surface area (Å²) in [5, 5.41) is 12.9. The molecule has 1 saturated carbocycles. The Bertz CT molecular complexity index is 268. The van der Waals surface area contributed by atoms with Crippen molar-refractivity contribution < 1.29 is 5.11 Å². The molecule has 4 heteroatoms. The maximum absolute atomic E-state index is 9.55. The third-order valence-corrected chi connectivity index (χ3v) is 5.21. The normalized spacial score (nSPS) is 37.8. The van der Waals surface area contributed by atoms with Gasteiger partial charge >= 0.3 is 0 Å². The Morgan fingerprint density at radius 3 is 2.72 bits per heavy atom. The van der Waals surface area contributed by atoms with Gasteiger partial charge in [-0.1, -0.05) is 0 Å². The lowest BCUT2D eigenvalue weighted by Gasteiger charge is -2.32. The third-order valence-electron chi connectivity index (χ3n) is 5.21. The highest BCUT2D eigenvalue weighted by Crippen LogP contribution is 2.32. The average Bonchev–Trinajstić information content (AvgIpc) is 2.97. The van der Waals surface area contributed by atoms with Crippen LogP contribution in [0.25, 0.3) is 0 Å². The Labute approximate surface area is 111 Å². The predicted molar refractivity (Wildman–Crippen MR) is 74.8 cm³/mol. The fourth-order valence-corrected chi connectivity index (χ4v) is 3.62. The standard InChI is InChI=1S/C14H29N3O/c1-15-14(11-18)7-6-12(9-14)17(3)10-13-5-4-8-16(13)2/h12-13,15,18H,4-11H2,1-3H3. The van der Waals surface area contributed by atoms with E-state index in [-0.39, 0.29) is 12.1 Å². The molecule has 2 aliphatic rings. The molecule has 106 valence electrons. The largest absolute Gasteiger partial charge is 0.394 e. The molecule has 3 unspecified atom stereocenters. The molecule has 2 rings (SSSR count). The molecular formula is C14H29N3O. The van der Waals surface area contributed by atoms with Crippen molar-refractivity contribution in [1.82, 2.24) is 15.1 Å². The Morgan fingerprint density at radius 1 is 1.44 bits per heavy atom. The van der Waals surface area contributed by atoms with Crippen LogP contribution in [0.2, 0.25) is 0 Å². The van der Waals surface area contributed by atoms with Crippen molar-refractivity contribution in [1.29, 1.82) is 0 Å². The van der Waals surface area contributed by atoms with Crippen molar-refractivity contribution in [3.8, 4) is 0 Å². The fourth-order valence-electron chi connectivity index (χ4n) is 3.62. The second-order valence-corrected chi connectivity index (χ2v) is 6.30. The molecule has 0 radical (unpaired) electrons. The Kier molecular flexibility index (Phi) is 4.64. The van der Waals surface area contributed by atoms with Crippen molar-refractivity contribution >= 4 is 0 Å². The zero-order valence-electron chi connectivity index (χ0n) is 12.2. The number of hydrogen-bond donors (Lipinski definition) is 2. The molecule has 18 heavy (non-hydrogen) atoms. The smallest absolute Gasteiger partial charge is 0.0613 e. The summed E-state index contributed by atoms with van der Waals surface area (Å²) in [5.74, 6) is 0. The number of rotatable bonds is 5. The first kappa shape index (κ1) is 14.3. The minimum Gasteiger partial charge on any atom is -0.394 e. The van der Waals surface area contributed by atoms with Gasteiger partial charge in [0.25, 0.3) is 0 Å². The van der Waals surface area contributed by atoms with Crippen LogP contribution >= 0.6 is 0 Å².